The largest absolute Gasteiger partial charge is 0.396 e. The van der Waals surface area contributed by atoms with Crippen molar-refractivity contribution in [1.82, 2.24) is 0 Å². The maximum Gasteiger partial charge on any atom is 0.0471 e. The van der Waals surface area contributed by atoms with Crippen molar-refractivity contribution >= 4 is 0 Å². The van der Waals surface area contributed by atoms with E-state index in [2.05, 4.69) is 24.3 Å². The van der Waals surface area contributed by atoms with E-state index in [-0.39, 0.29) is 6.61 Å². The molecular formula is C16H25NO. The summed E-state index contributed by atoms with van der Waals surface area (Å²) in [4.78, 5) is 0. The number of aliphatic hydroxyl groups excluding tert-OH is 1. The van der Waals surface area contributed by atoms with E-state index >= 15 is 0 Å². The van der Waals surface area contributed by atoms with E-state index in [1.165, 1.54) is 43.2 Å². The number of rotatable bonds is 5. The highest BCUT2D eigenvalue weighted by molar-refractivity contribution is 5.28. The molecule has 0 saturated heterocycles. The van der Waals surface area contributed by atoms with E-state index in [1.807, 2.05) is 0 Å². The molecule has 0 heterocycles. The molecule has 2 heteroatoms. The Bertz CT molecular complexity index is 369. The Hall–Kier alpha value is -0.860. The molecule has 0 unspecified atom stereocenters. The summed E-state index contributed by atoms with van der Waals surface area (Å²) in [6.07, 6.45) is 8.36. The van der Waals surface area contributed by atoms with Crippen LogP contribution in [-0.2, 0) is 12.8 Å². The van der Waals surface area contributed by atoms with Gasteiger partial charge in [-0.15, -0.1) is 0 Å². The summed E-state index contributed by atoms with van der Waals surface area (Å²) in [5.74, 6) is 0. The highest BCUT2D eigenvalue weighted by Gasteiger charge is 2.31. The Morgan fingerprint density at radius 2 is 1.72 bits per heavy atom. The third-order valence-electron chi connectivity index (χ3n) is 4.41. The number of nitrogens with two attached hydrogens (primary N) is 1. The second kappa shape index (κ2) is 6.35. The lowest BCUT2D eigenvalue weighted by molar-refractivity contribution is 0.196. The lowest BCUT2D eigenvalue weighted by Gasteiger charge is -2.37. The van der Waals surface area contributed by atoms with Crippen LogP contribution in [0.4, 0.5) is 0 Å². The van der Waals surface area contributed by atoms with Gasteiger partial charge in [0, 0.05) is 6.61 Å². The maximum absolute atomic E-state index is 9.15. The molecule has 1 fully saturated rings. The van der Waals surface area contributed by atoms with Gasteiger partial charge in [-0.1, -0.05) is 43.5 Å². The average molecular weight is 247 g/mol. The fourth-order valence-electron chi connectivity index (χ4n) is 3.25. The summed E-state index contributed by atoms with van der Waals surface area (Å²) in [6.45, 7) is 1.02. The number of hydrogen-bond acceptors (Lipinski definition) is 2. The van der Waals surface area contributed by atoms with Gasteiger partial charge in [0.15, 0.2) is 0 Å². The molecule has 2 rings (SSSR count). The first-order chi connectivity index (χ1) is 8.79. The first kappa shape index (κ1) is 13.6. The van der Waals surface area contributed by atoms with Crippen molar-refractivity contribution < 1.29 is 5.11 Å². The highest BCUT2D eigenvalue weighted by atomic mass is 16.2. The smallest absolute Gasteiger partial charge is 0.0471 e. The van der Waals surface area contributed by atoms with Gasteiger partial charge in [0.05, 0.1) is 0 Å². The maximum atomic E-state index is 9.15. The Morgan fingerprint density at radius 1 is 1.06 bits per heavy atom. The summed E-state index contributed by atoms with van der Waals surface area (Å²) in [7, 11) is 0. The minimum Gasteiger partial charge on any atom is -0.396 e. The summed E-state index contributed by atoms with van der Waals surface area (Å²) >= 11 is 0. The van der Waals surface area contributed by atoms with Gasteiger partial charge >= 0.3 is 0 Å². The van der Waals surface area contributed by atoms with Crippen molar-refractivity contribution in [3.8, 4) is 0 Å². The molecule has 0 atom stereocenters. The molecular weight excluding hydrogens is 222 g/mol. The number of hydrogen-bond donors (Lipinski definition) is 2. The second-order valence-electron chi connectivity index (χ2n) is 5.68. The topological polar surface area (TPSA) is 46.2 Å². The second-order valence-corrected chi connectivity index (χ2v) is 5.68. The molecule has 0 aliphatic heterocycles. The molecule has 0 radical (unpaired) electrons. The van der Waals surface area contributed by atoms with Crippen molar-refractivity contribution in [2.45, 2.75) is 44.9 Å². The molecule has 1 aliphatic rings. The lowest BCUT2D eigenvalue weighted by Crippen LogP contribution is -2.35. The van der Waals surface area contributed by atoms with Crippen molar-refractivity contribution in [2.75, 3.05) is 13.2 Å². The standard InChI is InChI=1S/C16H25NO/c17-13-16(9-4-1-5-10-16)12-15-7-3-2-6-14(15)8-11-18/h2-3,6-7,18H,1,4-5,8-13,17H2. The zero-order valence-electron chi connectivity index (χ0n) is 11.2. The number of benzene rings is 1. The predicted molar refractivity (Wildman–Crippen MR) is 75.5 cm³/mol. The van der Waals surface area contributed by atoms with Crippen LogP contribution in [-0.4, -0.2) is 18.3 Å². The SMILES string of the molecule is NCC1(Cc2ccccc2CCO)CCCCC1. The molecule has 3 N–H and O–H groups in total. The molecule has 100 valence electrons. The van der Waals surface area contributed by atoms with Crippen LogP contribution in [0.15, 0.2) is 24.3 Å². The molecule has 1 aromatic carbocycles. The third-order valence-corrected chi connectivity index (χ3v) is 4.41. The van der Waals surface area contributed by atoms with Gasteiger partial charge in [0.1, 0.15) is 0 Å². The summed E-state index contributed by atoms with van der Waals surface area (Å²) in [6, 6.07) is 8.50. The first-order valence-electron chi connectivity index (χ1n) is 7.17. The number of aliphatic hydroxyl groups is 1. The molecule has 18 heavy (non-hydrogen) atoms. The highest BCUT2D eigenvalue weighted by Crippen LogP contribution is 2.38. The van der Waals surface area contributed by atoms with Crippen LogP contribution >= 0.6 is 0 Å². The van der Waals surface area contributed by atoms with Gasteiger partial charge in [-0.25, -0.2) is 0 Å². The molecule has 2 nitrogen and oxygen atoms in total. The van der Waals surface area contributed by atoms with Crippen LogP contribution in [0.1, 0.15) is 43.2 Å². The van der Waals surface area contributed by atoms with E-state index in [9.17, 15) is 0 Å². The summed E-state index contributed by atoms with van der Waals surface area (Å²) in [5.41, 5.74) is 9.05. The van der Waals surface area contributed by atoms with Crippen LogP contribution in [0.2, 0.25) is 0 Å². The zero-order chi connectivity index (χ0) is 12.8. The third kappa shape index (κ3) is 3.12. The van der Waals surface area contributed by atoms with Crippen LogP contribution in [0.3, 0.4) is 0 Å². The normalized spacial score (nSPS) is 18.8. The van der Waals surface area contributed by atoms with Crippen LogP contribution in [0, 0.1) is 5.41 Å². The van der Waals surface area contributed by atoms with E-state index in [4.69, 9.17) is 10.8 Å². The quantitative estimate of drug-likeness (QED) is 0.840. The minimum atomic E-state index is 0.229. The molecule has 1 aromatic rings. The van der Waals surface area contributed by atoms with Gasteiger partial charge in [-0.05, 0) is 48.8 Å². The molecule has 0 amide bonds. The van der Waals surface area contributed by atoms with Gasteiger partial charge in [-0.3, -0.25) is 0 Å². The molecule has 1 aliphatic carbocycles. The Morgan fingerprint density at radius 3 is 2.33 bits per heavy atom. The van der Waals surface area contributed by atoms with Crippen molar-refractivity contribution in [3.63, 3.8) is 0 Å². The molecule has 0 aromatic heterocycles. The van der Waals surface area contributed by atoms with Crippen molar-refractivity contribution in [2.24, 2.45) is 11.1 Å². The minimum absolute atomic E-state index is 0.229. The van der Waals surface area contributed by atoms with Crippen molar-refractivity contribution in [3.05, 3.63) is 35.4 Å². The summed E-state index contributed by atoms with van der Waals surface area (Å²) in [5, 5.41) is 9.15. The Labute approximate surface area is 110 Å². The van der Waals surface area contributed by atoms with Gasteiger partial charge in [-0.2, -0.15) is 0 Å². The van der Waals surface area contributed by atoms with E-state index in [1.54, 1.807) is 0 Å². The van der Waals surface area contributed by atoms with E-state index < -0.39 is 0 Å². The van der Waals surface area contributed by atoms with Crippen molar-refractivity contribution in [1.29, 1.82) is 0 Å². The molecule has 1 saturated carbocycles. The average Bonchev–Trinajstić information content (AvgIpc) is 2.42. The van der Waals surface area contributed by atoms with Gasteiger partial charge in [0.2, 0.25) is 0 Å². The zero-order valence-corrected chi connectivity index (χ0v) is 11.2. The predicted octanol–water partition coefficient (Wildman–Crippen LogP) is 2.67. The molecule has 0 spiro atoms. The van der Waals surface area contributed by atoms with Gasteiger partial charge in [0.25, 0.3) is 0 Å². The first-order valence-corrected chi connectivity index (χ1v) is 7.17. The fraction of sp³-hybridized carbons (Fsp3) is 0.625. The monoisotopic (exact) mass is 247 g/mol. The van der Waals surface area contributed by atoms with Gasteiger partial charge < -0.3 is 10.8 Å². The van der Waals surface area contributed by atoms with E-state index in [0.29, 0.717) is 5.41 Å². The summed E-state index contributed by atoms with van der Waals surface area (Å²) < 4.78 is 0. The fourth-order valence-corrected chi connectivity index (χ4v) is 3.25. The van der Waals surface area contributed by atoms with Crippen LogP contribution in [0.25, 0.3) is 0 Å². The Kier molecular flexibility index (Phi) is 4.79. The van der Waals surface area contributed by atoms with Crippen LogP contribution in [0.5, 0.6) is 0 Å². The molecule has 0 bridgehead atoms. The Balaban J connectivity index is 2.15. The van der Waals surface area contributed by atoms with E-state index in [0.717, 1.165) is 19.4 Å². The van der Waals surface area contributed by atoms with Crippen LogP contribution < -0.4 is 5.73 Å². The lowest BCUT2D eigenvalue weighted by atomic mass is 9.70.